The molecule has 0 aliphatic carbocycles. The van der Waals surface area contributed by atoms with E-state index in [9.17, 15) is 9.18 Å². The molecule has 0 spiro atoms. The number of halogens is 1. The van der Waals surface area contributed by atoms with Crippen molar-refractivity contribution < 1.29 is 18.7 Å². The highest BCUT2D eigenvalue weighted by molar-refractivity contribution is 5.69. The van der Waals surface area contributed by atoms with Crippen molar-refractivity contribution in [3.05, 3.63) is 29.6 Å². The molecule has 0 saturated carbocycles. The van der Waals surface area contributed by atoms with Crippen LogP contribution in [0.3, 0.4) is 0 Å². The largest absolute Gasteiger partial charge is 0.490 e. The molecule has 1 aromatic carbocycles. The van der Waals surface area contributed by atoms with Crippen LogP contribution < -0.4 is 10.5 Å². The summed E-state index contributed by atoms with van der Waals surface area (Å²) in [5.41, 5.74) is 6.01. The normalized spacial score (nSPS) is 9.94. The maximum atomic E-state index is 13.3. The SMILES string of the molecule is COC(=O)CCOc1c(F)cccc1CN. The van der Waals surface area contributed by atoms with E-state index in [4.69, 9.17) is 10.5 Å². The number of rotatable bonds is 5. The highest BCUT2D eigenvalue weighted by Crippen LogP contribution is 2.22. The number of carbonyl (C=O) groups is 1. The molecule has 0 radical (unpaired) electrons. The summed E-state index contributed by atoms with van der Waals surface area (Å²) in [5, 5.41) is 0. The second-order valence-corrected chi connectivity index (χ2v) is 3.11. The van der Waals surface area contributed by atoms with Gasteiger partial charge in [0.25, 0.3) is 0 Å². The lowest BCUT2D eigenvalue weighted by Gasteiger charge is -2.10. The first kappa shape index (κ1) is 12.4. The van der Waals surface area contributed by atoms with E-state index in [1.807, 2.05) is 0 Å². The quantitative estimate of drug-likeness (QED) is 0.768. The van der Waals surface area contributed by atoms with E-state index in [0.29, 0.717) is 5.56 Å². The van der Waals surface area contributed by atoms with E-state index in [1.54, 1.807) is 12.1 Å². The molecular weight excluding hydrogens is 213 g/mol. The zero-order chi connectivity index (χ0) is 12.0. The summed E-state index contributed by atoms with van der Waals surface area (Å²) in [5.74, 6) is -0.771. The zero-order valence-corrected chi connectivity index (χ0v) is 9.03. The number of esters is 1. The number of ether oxygens (including phenoxy) is 2. The van der Waals surface area contributed by atoms with Gasteiger partial charge < -0.3 is 15.2 Å². The van der Waals surface area contributed by atoms with Gasteiger partial charge in [-0.25, -0.2) is 4.39 Å². The fourth-order valence-electron chi connectivity index (χ4n) is 1.21. The molecule has 4 nitrogen and oxygen atoms in total. The van der Waals surface area contributed by atoms with Gasteiger partial charge in [-0.15, -0.1) is 0 Å². The lowest BCUT2D eigenvalue weighted by Crippen LogP contribution is -2.10. The third-order valence-corrected chi connectivity index (χ3v) is 2.05. The minimum absolute atomic E-state index is 0.0700. The Labute approximate surface area is 93.2 Å². The Kier molecular flexibility index (Phi) is 4.72. The Morgan fingerprint density at radius 2 is 2.25 bits per heavy atom. The molecule has 2 N–H and O–H groups in total. The molecule has 5 heteroatoms. The predicted octanol–water partition coefficient (Wildman–Crippen LogP) is 1.23. The van der Waals surface area contributed by atoms with E-state index in [0.717, 1.165) is 0 Å². The van der Waals surface area contributed by atoms with Crippen molar-refractivity contribution in [3.8, 4) is 5.75 Å². The van der Waals surface area contributed by atoms with Crippen LogP contribution in [-0.4, -0.2) is 19.7 Å². The minimum atomic E-state index is -0.479. The maximum absolute atomic E-state index is 13.3. The van der Waals surface area contributed by atoms with Crippen LogP contribution in [0.25, 0.3) is 0 Å². The number of para-hydroxylation sites is 1. The second kappa shape index (κ2) is 6.07. The van der Waals surface area contributed by atoms with Gasteiger partial charge >= 0.3 is 5.97 Å². The third kappa shape index (κ3) is 3.20. The number of hydrogen-bond acceptors (Lipinski definition) is 4. The van der Waals surface area contributed by atoms with E-state index in [2.05, 4.69) is 4.74 Å². The van der Waals surface area contributed by atoms with Crippen molar-refractivity contribution in [2.24, 2.45) is 5.73 Å². The number of methoxy groups -OCH3 is 1. The average Bonchev–Trinajstić information content (AvgIpc) is 2.30. The van der Waals surface area contributed by atoms with Crippen LogP contribution in [0, 0.1) is 5.82 Å². The fourth-order valence-corrected chi connectivity index (χ4v) is 1.21. The fraction of sp³-hybridized carbons (Fsp3) is 0.364. The molecular formula is C11H14FNO3. The van der Waals surface area contributed by atoms with Crippen molar-refractivity contribution in [3.63, 3.8) is 0 Å². The van der Waals surface area contributed by atoms with Gasteiger partial charge in [-0.3, -0.25) is 4.79 Å². The van der Waals surface area contributed by atoms with Crippen LogP contribution >= 0.6 is 0 Å². The van der Waals surface area contributed by atoms with Gasteiger partial charge in [0.2, 0.25) is 0 Å². The van der Waals surface area contributed by atoms with E-state index in [1.165, 1.54) is 13.2 Å². The zero-order valence-electron chi connectivity index (χ0n) is 9.03. The summed E-state index contributed by atoms with van der Waals surface area (Å²) in [6.07, 6.45) is 0.0782. The number of benzene rings is 1. The smallest absolute Gasteiger partial charge is 0.308 e. The molecule has 0 heterocycles. The first-order valence-electron chi connectivity index (χ1n) is 4.86. The molecule has 0 aliphatic heterocycles. The molecule has 0 unspecified atom stereocenters. The topological polar surface area (TPSA) is 61.5 Å². The first-order valence-corrected chi connectivity index (χ1v) is 4.86. The second-order valence-electron chi connectivity index (χ2n) is 3.11. The molecule has 0 aliphatic rings. The molecule has 0 aromatic heterocycles. The van der Waals surface area contributed by atoms with E-state index >= 15 is 0 Å². The number of nitrogens with two attached hydrogens (primary N) is 1. The lowest BCUT2D eigenvalue weighted by molar-refractivity contribution is -0.141. The summed E-state index contributed by atoms with van der Waals surface area (Å²) >= 11 is 0. The minimum Gasteiger partial charge on any atom is -0.490 e. The molecule has 0 atom stereocenters. The van der Waals surface area contributed by atoms with Crippen molar-refractivity contribution in [2.45, 2.75) is 13.0 Å². The average molecular weight is 227 g/mol. The van der Waals surface area contributed by atoms with Crippen molar-refractivity contribution in [2.75, 3.05) is 13.7 Å². The van der Waals surface area contributed by atoms with E-state index in [-0.39, 0.29) is 25.3 Å². The van der Waals surface area contributed by atoms with Gasteiger partial charge in [0, 0.05) is 12.1 Å². The van der Waals surface area contributed by atoms with Gasteiger partial charge in [0.1, 0.15) is 0 Å². The molecule has 0 amide bonds. The molecule has 0 fully saturated rings. The summed E-state index contributed by atoms with van der Waals surface area (Å²) in [4.78, 5) is 10.8. The number of hydrogen-bond donors (Lipinski definition) is 1. The monoisotopic (exact) mass is 227 g/mol. The van der Waals surface area contributed by atoms with Crippen LogP contribution in [0.2, 0.25) is 0 Å². The molecule has 16 heavy (non-hydrogen) atoms. The van der Waals surface area contributed by atoms with Crippen molar-refractivity contribution in [1.29, 1.82) is 0 Å². The van der Waals surface area contributed by atoms with Crippen LogP contribution in [0.5, 0.6) is 5.75 Å². The summed E-state index contributed by atoms with van der Waals surface area (Å²) in [7, 11) is 1.29. The summed E-state index contributed by atoms with van der Waals surface area (Å²) in [6, 6.07) is 4.52. The summed E-state index contributed by atoms with van der Waals surface area (Å²) in [6.45, 7) is 0.256. The van der Waals surface area contributed by atoms with Crippen LogP contribution in [-0.2, 0) is 16.1 Å². The van der Waals surface area contributed by atoms with Crippen molar-refractivity contribution in [1.82, 2.24) is 0 Å². The predicted molar refractivity (Wildman–Crippen MR) is 56.4 cm³/mol. The molecule has 88 valence electrons. The Hall–Kier alpha value is -1.62. The molecule has 1 rings (SSSR count). The van der Waals surface area contributed by atoms with Gasteiger partial charge in [-0.2, -0.15) is 0 Å². The molecule has 0 bridgehead atoms. The van der Waals surface area contributed by atoms with Crippen molar-refractivity contribution >= 4 is 5.97 Å². The highest BCUT2D eigenvalue weighted by atomic mass is 19.1. The number of carbonyl (C=O) groups excluding carboxylic acids is 1. The van der Waals surface area contributed by atoms with Crippen LogP contribution in [0.4, 0.5) is 4.39 Å². The summed E-state index contributed by atoms with van der Waals surface area (Å²) < 4.78 is 23.0. The highest BCUT2D eigenvalue weighted by Gasteiger charge is 2.09. The van der Waals surface area contributed by atoms with Gasteiger partial charge in [-0.05, 0) is 6.07 Å². The van der Waals surface area contributed by atoms with Crippen LogP contribution in [0.1, 0.15) is 12.0 Å². The van der Waals surface area contributed by atoms with Gasteiger partial charge in [-0.1, -0.05) is 12.1 Å². The Balaban J connectivity index is 2.62. The van der Waals surface area contributed by atoms with Crippen LogP contribution in [0.15, 0.2) is 18.2 Å². The molecule has 0 saturated heterocycles. The Bertz CT molecular complexity index is 368. The molecule has 1 aromatic rings. The van der Waals surface area contributed by atoms with E-state index < -0.39 is 11.8 Å². The van der Waals surface area contributed by atoms with Gasteiger partial charge in [0.15, 0.2) is 11.6 Å². The van der Waals surface area contributed by atoms with Gasteiger partial charge in [0.05, 0.1) is 20.1 Å². The maximum Gasteiger partial charge on any atom is 0.308 e. The Morgan fingerprint density at radius 3 is 2.88 bits per heavy atom. The first-order chi connectivity index (χ1) is 7.69. The third-order valence-electron chi connectivity index (χ3n) is 2.05. The lowest BCUT2D eigenvalue weighted by atomic mass is 10.2. The standard InChI is InChI=1S/C11H14FNO3/c1-15-10(14)5-6-16-11-8(7-13)3-2-4-9(11)12/h2-4H,5-7,13H2,1H3. The Morgan fingerprint density at radius 1 is 1.50 bits per heavy atom.